The van der Waals surface area contributed by atoms with E-state index in [1.165, 1.54) is 13.0 Å². The van der Waals surface area contributed by atoms with Gasteiger partial charge in [-0.05, 0) is 31.3 Å². The van der Waals surface area contributed by atoms with Crippen molar-refractivity contribution in [2.75, 3.05) is 19.8 Å². The lowest BCUT2D eigenvalue weighted by Crippen LogP contribution is -2.38. The maximum atomic E-state index is 3.36. The average molecular weight is 142 g/mol. The predicted octanol–water partition coefficient (Wildman–Crippen LogP) is 0.799. The second-order valence-corrected chi connectivity index (χ2v) is 3.37. The maximum Gasteiger partial charge on any atom is 0.0454 e. The summed E-state index contributed by atoms with van der Waals surface area (Å²) in [5, 5.41) is 6.68. The van der Waals surface area contributed by atoms with Crippen LogP contribution in [0.25, 0.3) is 0 Å². The number of hydrogen-bond acceptors (Lipinski definition) is 2. The van der Waals surface area contributed by atoms with E-state index >= 15 is 0 Å². The largest absolute Gasteiger partial charge is 0.304 e. The Kier molecular flexibility index (Phi) is 3.16. The van der Waals surface area contributed by atoms with Crippen LogP contribution in [0.1, 0.15) is 20.3 Å². The Morgan fingerprint density at radius 3 is 2.70 bits per heavy atom. The van der Waals surface area contributed by atoms with Gasteiger partial charge < -0.3 is 10.6 Å². The minimum atomic E-state index is 0.835. The van der Waals surface area contributed by atoms with Gasteiger partial charge in [-0.15, -0.1) is 0 Å². The van der Waals surface area contributed by atoms with Crippen molar-refractivity contribution in [2.24, 2.45) is 11.8 Å². The molecule has 2 nitrogen and oxygen atoms in total. The van der Waals surface area contributed by atoms with Crippen molar-refractivity contribution >= 4 is 0 Å². The van der Waals surface area contributed by atoms with E-state index in [2.05, 4.69) is 24.5 Å². The van der Waals surface area contributed by atoms with Gasteiger partial charge in [-0.1, -0.05) is 13.8 Å². The minimum absolute atomic E-state index is 0.835. The van der Waals surface area contributed by atoms with Gasteiger partial charge >= 0.3 is 0 Å². The predicted molar refractivity (Wildman–Crippen MR) is 43.8 cm³/mol. The molecule has 10 heavy (non-hydrogen) atoms. The van der Waals surface area contributed by atoms with Crippen LogP contribution in [0.5, 0.6) is 0 Å². The quantitative estimate of drug-likeness (QED) is 0.523. The molecule has 1 aliphatic heterocycles. The molecule has 1 aliphatic rings. The summed E-state index contributed by atoms with van der Waals surface area (Å²) in [6, 6.07) is 0. The molecule has 0 aliphatic carbocycles. The lowest BCUT2D eigenvalue weighted by atomic mass is 9.92. The highest BCUT2D eigenvalue weighted by Crippen LogP contribution is 2.13. The number of hydrogen-bond donors (Lipinski definition) is 2. The summed E-state index contributed by atoms with van der Waals surface area (Å²) in [7, 11) is 0. The lowest BCUT2D eigenvalue weighted by molar-refractivity contribution is 0.314. The molecular weight excluding hydrogens is 124 g/mol. The van der Waals surface area contributed by atoms with E-state index in [9.17, 15) is 0 Å². The van der Waals surface area contributed by atoms with Crippen molar-refractivity contribution in [1.82, 2.24) is 10.6 Å². The van der Waals surface area contributed by atoms with Crippen molar-refractivity contribution in [1.29, 1.82) is 0 Å². The zero-order valence-corrected chi connectivity index (χ0v) is 6.98. The first-order valence-corrected chi connectivity index (χ1v) is 4.22. The normalized spacial score (nSPS) is 36.6. The molecular formula is C8H18N2. The van der Waals surface area contributed by atoms with Gasteiger partial charge in [0.25, 0.3) is 0 Å². The molecule has 0 radical (unpaired) electrons. The average Bonchev–Trinajstić information content (AvgIpc) is 1.92. The highest BCUT2D eigenvalue weighted by atomic mass is 15.1. The van der Waals surface area contributed by atoms with Crippen molar-refractivity contribution in [3.8, 4) is 0 Å². The van der Waals surface area contributed by atoms with Gasteiger partial charge in [0.1, 0.15) is 0 Å². The maximum absolute atomic E-state index is 3.36. The number of nitrogens with one attached hydrogen (secondary N) is 2. The first kappa shape index (κ1) is 8.02. The molecule has 0 spiro atoms. The van der Waals surface area contributed by atoms with Gasteiger partial charge in [-0.25, -0.2) is 0 Å². The van der Waals surface area contributed by atoms with E-state index in [1.54, 1.807) is 0 Å². The van der Waals surface area contributed by atoms with Crippen LogP contribution in [0.2, 0.25) is 0 Å². The standard InChI is InChI=1S/C8H18N2/c1-7-3-4-9-6-10-5-8(7)2/h7-10H,3-6H2,1-2H3. The molecule has 1 fully saturated rings. The molecule has 0 bridgehead atoms. The zero-order valence-electron chi connectivity index (χ0n) is 6.98. The monoisotopic (exact) mass is 142 g/mol. The molecule has 2 N–H and O–H groups in total. The zero-order chi connectivity index (χ0) is 7.40. The van der Waals surface area contributed by atoms with Gasteiger partial charge in [-0.2, -0.15) is 0 Å². The minimum Gasteiger partial charge on any atom is -0.304 e. The molecule has 1 saturated heterocycles. The smallest absolute Gasteiger partial charge is 0.0454 e. The summed E-state index contributed by atoms with van der Waals surface area (Å²) >= 11 is 0. The molecule has 0 aromatic rings. The van der Waals surface area contributed by atoms with Crippen LogP contribution in [-0.2, 0) is 0 Å². The molecule has 2 unspecified atom stereocenters. The Hall–Kier alpha value is -0.0800. The highest BCUT2D eigenvalue weighted by Gasteiger charge is 2.12. The fourth-order valence-electron chi connectivity index (χ4n) is 1.29. The lowest BCUT2D eigenvalue weighted by Gasteiger charge is -2.23. The van der Waals surface area contributed by atoms with Crippen LogP contribution in [0.15, 0.2) is 0 Å². The highest BCUT2D eigenvalue weighted by molar-refractivity contribution is 4.68. The van der Waals surface area contributed by atoms with Crippen LogP contribution in [-0.4, -0.2) is 19.8 Å². The Labute approximate surface area is 63.4 Å². The topological polar surface area (TPSA) is 24.1 Å². The Morgan fingerprint density at radius 1 is 1.10 bits per heavy atom. The molecule has 0 saturated carbocycles. The van der Waals surface area contributed by atoms with Gasteiger partial charge in [-0.3, -0.25) is 0 Å². The van der Waals surface area contributed by atoms with Gasteiger partial charge in [0.2, 0.25) is 0 Å². The van der Waals surface area contributed by atoms with E-state index in [1.807, 2.05) is 0 Å². The second kappa shape index (κ2) is 3.94. The van der Waals surface area contributed by atoms with Crippen LogP contribution in [0.3, 0.4) is 0 Å². The first-order chi connectivity index (χ1) is 4.80. The van der Waals surface area contributed by atoms with Crippen LogP contribution >= 0.6 is 0 Å². The third kappa shape index (κ3) is 2.27. The Morgan fingerprint density at radius 2 is 1.90 bits per heavy atom. The van der Waals surface area contributed by atoms with Gasteiger partial charge in [0, 0.05) is 6.67 Å². The fraction of sp³-hybridized carbons (Fsp3) is 1.00. The molecule has 0 aromatic heterocycles. The Balaban J connectivity index is 2.28. The SMILES string of the molecule is CC1CCNCNCC1C. The van der Waals surface area contributed by atoms with Crippen LogP contribution in [0.4, 0.5) is 0 Å². The number of rotatable bonds is 0. The molecule has 1 heterocycles. The van der Waals surface area contributed by atoms with E-state index in [0.29, 0.717) is 0 Å². The van der Waals surface area contributed by atoms with Gasteiger partial charge in [0.05, 0.1) is 0 Å². The molecule has 0 amide bonds. The summed E-state index contributed by atoms with van der Waals surface area (Å²) in [5.74, 6) is 1.70. The molecule has 1 rings (SSSR count). The molecule has 60 valence electrons. The van der Waals surface area contributed by atoms with Crippen molar-refractivity contribution < 1.29 is 0 Å². The van der Waals surface area contributed by atoms with Crippen molar-refractivity contribution in [2.45, 2.75) is 20.3 Å². The van der Waals surface area contributed by atoms with Crippen molar-refractivity contribution in [3.05, 3.63) is 0 Å². The third-order valence-corrected chi connectivity index (χ3v) is 2.46. The third-order valence-electron chi connectivity index (χ3n) is 2.46. The first-order valence-electron chi connectivity index (χ1n) is 4.22. The van der Waals surface area contributed by atoms with Gasteiger partial charge in [0.15, 0.2) is 0 Å². The van der Waals surface area contributed by atoms with Crippen LogP contribution < -0.4 is 10.6 Å². The van der Waals surface area contributed by atoms with Crippen LogP contribution in [0, 0.1) is 11.8 Å². The summed E-state index contributed by atoms with van der Waals surface area (Å²) in [5.41, 5.74) is 0. The summed E-state index contributed by atoms with van der Waals surface area (Å²) in [6.45, 7) is 7.96. The summed E-state index contributed by atoms with van der Waals surface area (Å²) in [4.78, 5) is 0. The van der Waals surface area contributed by atoms with Crippen molar-refractivity contribution in [3.63, 3.8) is 0 Å². The van der Waals surface area contributed by atoms with E-state index in [-0.39, 0.29) is 0 Å². The Bertz CT molecular complexity index is 81.3. The fourth-order valence-corrected chi connectivity index (χ4v) is 1.29. The summed E-state index contributed by atoms with van der Waals surface area (Å²) < 4.78 is 0. The molecule has 2 atom stereocenters. The van der Waals surface area contributed by atoms with E-state index < -0.39 is 0 Å². The molecule has 0 aromatic carbocycles. The molecule has 2 heteroatoms. The van der Waals surface area contributed by atoms with E-state index in [4.69, 9.17) is 0 Å². The summed E-state index contributed by atoms with van der Waals surface area (Å²) in [6.07, 6.45) is 1.32. The second-order valence-electron chi connectivity index (χ2n) is 3.37. The van der Waals surface area contributed by atoms with E-state index in [0.717, 1.165) is 25.0 Å².